The van der Waals surface area contributed by atoms with E-state index < -0.39 is 0 Å². The summed E-state index contributed by atoms with van der Waals surface area (Å²) in [5.74, 6) is 0.271. The van der Waals surface area contributed by atoms with Gasteiger partial charge in [-0.25, -0.2) is 15.2 Å². The van der Waals surface area contributed by atoms with Gasteiger partial charge in [0.25, 0.3) is 5.89 Å². The van der Waals surface area contributed by atoms with E-state index in [4.69, 9.17) is 14.6 Å². The number of carbonyl (C=O) groups is 1. The molecule has 122 valence electrons. The van der Waals surface area contributed by atoms with Crippen molar-refractivity contribution in [2.24, 2.45) is 0 Å². The lowest BCUT2D eigenvalue weighted by atomic mass is 10.0. The topological polar surface area (TPSA) is 84.0 Å². The van der Waals surface area contributed by atoms with Gasteiger partial charge in [-0.05, 0) is 31.7 Å². The molecule has 0 fully saturated rings. The molecule has 5 heteroatoms. The first-order chi connectivity index (χ1) is 11.2. The van der Waals surface area contributed by atoms with E-state index in [9.17, 15) is 4.79 Å². The Hall–Kier alpha value is -2.52. The number of benzene rings is 1. The standard InChI is InChI=1S/C17H21NO2.CHNO/c1-14-13-20-17(18-14)16(19)12-8-3-2-5-9-15-10-6-4-7-11-15;2-1-3/h4,6-7,10-11,13H,2-3,5,8-9,12H2,1H3;2H. The van der Waals surface area contributed by atoms with Crippen molar-refractivity contribution in [1.82, 2.24) is 4.98 Å². The summed E-state index contributed by atoms with van der Waals surface area (Å²) < 4.78 is 5.10. The number of hydrogen-bond donors (Lipinski definition) is 1. The van der Waals surface area contributed by atoms with Crippen LogP contribution in [-0.2, 0) is 11.2 Å². The fraction of sp³-hybridized carbons (Fsp3) is 0.389. The van der Waals surface area contributed by atoms with Gasteiger partial charge in [0.05, 0.1) is 5.69 Å². The van der Waals surface area contributed by atoms with Gasteiger partial charge in [0.2, 0.25) is 11.9 Å². The molecule has 0 spiro atoms. The van der Waals surface area contributed by atoms with E-state index >= 15 is 0 Å². The minimum Gasteiger partial charge on any atom is -0.442 e. The van der Waals surface area contributed by atoms with Gasteiger partial charge in [-0.3, -0.25) is 4.79 Å². The second kappa shape index (κ2) is 11.1. The van der Waals surface area contributed by atoms with Gasteiger partial charge in [-0.1, -0.05) is 43.2 Å². The lowest BCUT2D eigenvalue weighted by Crippen LogP contribution is -1.99. The van der Waals surface area contributed by atoms with E-state index in [-0.39, 0.29) is 11.7 Å². The molecule has 0 aliphatic rings. The molecule has 0 radical (unpaired) electrons. The Balaban J connectivity index is 0.000000816. The molecule has 0 amide bonds. The number of ketones is 1. The minimum absolute atomic E-state index is 0.0150. The van der Waals surface area contributed by atoms with Crippen molar-refractivity contribution in [2.75, 3.05) is 0 Å². The van der Waals surface area contributed by atoms with Gasteiger partial charge < -0.3 is 4.42 Å². The van der Waals surface area contributed by atoms with Crippen molar-refractivity contribution in [3.05, 3.63) is 53.7 Å². The third-order valence-corrected chi connectivity index (χ3v) is 3.32. The molecular formula is C18H22N2O3. The number of hydrogen-bond acceptors (Lipinski definition) is 5. The number of rotatable bonds is 8. The first-order valence-electron chi connectivity index (χ1n) is 7.70. The number of nitrogens with one attached hydrogen (secondary N) is 1. The van der Waals surface area contributed by atoms with E-state index in [1.807, 2.05) is 13.0 Å². The Labute approximate surface area is 136 Å². The van der Waals surface area contributed by atoms with Crippen molar-refractivity contribution < 1.29 is 14.0 Å². The zero-order valence-corrected chi connectivity index (χ0v) is 13.4. The van der Waals surface area contributed by atoms with Crippen LogP contribution in [0.4, 0.5) is 0 Å². The molecule has 0 saturated heterocycles. The first-order valence-corrected chi connectivity index (χ1v) is 7.70. The predicted molar refractivity (Wildman–Crippen MR) is 87.2 cm³/mol. The molecule has 1 N–H and O–H groups in total. The van der Waals surface area contributed by atoms with E-state index in [0.717, 1.165) is 37.5 Å². The average Bonchev–Trinajstić information content (AvgIpc) is 2.99. The van der Waals surface area contributed by atoms with Crippen LogP contribution in [0.3, 0.4) is 0 Å². The van der Waals surface area contributed by atoms with Crippen molar-refractivity contribution in [1.29, 1.82) is 5.41 Å². The Morgan fingerprint density at radius 2 is 1.83 bits per heavy atom. The fourth-order valence-electron chi connectivity index (χ4n) is 2.20. The van der Waals surface area contributed by atoms with Crippen LogP contribution in [0, 0.1) is 12.3 Å². The molecule has 23 heavy (non-hydrogen) atoms. The van der Waals surface area contributed by atoms with Crippen LogP contribution in [0.5, 0.6) is 0 Å². The summed E-state index contributed by atoms with van der Waals surface area (Å²) in [5, 5.41) is 5.40. The van der Waals surface area contributed by atoms with Gasteiger partial charge in [-0.15, -0.1) is 0 Å². The molecule has 0 unspecified atom stereocenters. The third kappa shape index (κ3) is 7.88. The van der Waals surface area contributed by atoms with Crippen LogP contribution < -0.4 is 0 Å². The highest BCUT2D eigenvalue weighted by molar-refractivity contribution is 5.91. The highest BCUT2D eigenvalue weighted by atomic mass is 16.3. The SMILES string of the molecule is Cc1coc(C(=O)CCCCCCc2ccccc2)n1.N=C=O. The maximum atomic E-state index is 11.8. The molecule has 1 heterocycles. The van der Waals surface area contributed by atoms with Gasteiger partial charge in [0.15, 0.2) is 0 Å². The highest BCUT2D eigenvalue weighted by Crippen LogP contribution is 2.11. The maximum Gasteiger partial charge on any atom is 0.263 e. The number of aryl methyl sites for hydroxylation is 2. The number of oxazole rings is 1. The van der Waals surface area contributed by atoms with Crippen LogP contribution in [0.25, 0.3) is 0 Å². The number of carbonyl (C=O) groups excluding carboxylic acids is 2. The Kier molecular flexibility index (Phi) is 8.94. The van der Waals surface area contributed by atoms with Crippen LogP contribution in [-0.4, -0.2) is 16.8 Å². The smallest absolute Gasteiger partial charge is 0.263 e. The van der Waals surface area contributed by atoms with Crippen molar-refractivity contribution in [2.45, 2.75) is 45.4 Å². The van der Waals surface area contributed by atoms with E-state index in [1.54, 1.807) is 0 Å². The summed E-state index contributed by atoms with van der Waals surface area (Å²) in [6.45, 7) is 1.82. The van der Waals surface area contributed by atoms with Gasteiger partial charge in [0.1, 0.15) is 6.26 Å². The second-order valence-electron chi connectivity index (χ2n) is 5.22. The van der Waals surface area contributed by atoms with E-state index in [2.05, 4.69) is 29.2 Å². The average molecular weight is 314 g/mol. The number of unbranched alkanes of at least 4 members (excludes halogenated alkanes) is 3. The number of nitrogens with zero attached hydrogens (tertiary/aromatic N) is 1. The first kappa shape index (κ1) is 18.5. The number of aromatic nitrogens is 1. The van der Waals surface area contributed by atoms with E-state index in [0.29, 0.717) is 6.42 Å². The molecular weight excluding hydrogens is 292 g/mol. The van der Waals surface area contributed by atoms with Gasteiger partial charge in [0, 0.05) is 6.42 Å². The lowest BCUT2D eigenvalue weighted by molar-refractivity contribution is 0.0945. The molecule has 0 aliphatic carbocycles. The molecule has 1 aromatic heterocycles. The molecule has 5 nitrogen and oxygen atoms in total. The van der Waals surface area contributed by atoms with Crippen molar-refractivity contribution in [3.63, 3.8) is 0 Å². The van der Waals surface area contributed by atoms with Crippen LogP contribution in [0.1, 0.15) is 54.0 Å². The molecule has 1 aromatic carbocycles. The quantitative estimate of drug-likeness (QED) is 0.341. The normalized spacial score (nSPS) is 9.61. The Morgan fingerprint density at radius 1 is 1.17 bits per heavy atom. The van der Waals surface area contributed by atoms with Crippen LogP contribution in [0.15, 0.2) is 41.0 Å². The summed E-state index contributed by atoms with van der Waals surface area (Å²) in [7, 11) is 0. The molecule has 0 bridgehead atoms. The van der Waals surface area contributed by atoms with Crippen molar-refractivity contribution in [3.8, 4) is 0 Å². The molecule has 0 atom stereocenters. The molecule has 2 aromatic rings. The summed E-state index contributed by atoms with van der Waals surface area (Å²) in [6.07, 6.45) is 8.25. The zero-order valence-electron chi connectivity index (χ0n) is 13.4. The molecule has 0 saturated carbocycles. The minimum atomic E-state index is 0.0150. The molecule has 0 aliphatic heterocycles. The van der Waals surface area contributed by atoms with Crippen LogP contribution >= 0.6 is 0 Å². The molecule has 2 rings (SSSR count). The fourth-order valence-corrected chi connectivity index (χ4v) is 2.20. The van der Waals surface area contributed by atoms with E-state index in [1.165, 1.54) is 18.2 Å². The lowest BCUT2D eigenvalue weighted by Gasteiger charge is -2.01. The summed E-state index contributed by atoms with van der Waals surface area (Å²) in [6, 6.07) is 10.5. The zero-order chi connectivity index (χ0) is 16.9. The highest BCUT2D eigenvalue weighted by Gasteiger charge is 2.11. The van der Waals surface area contributed by atoms with Crippen molar-refractivity contribution >= 4 is 11.9 Å². The maximum absolute atomic E-state index is 11.8. The van der Waals surface area contributed by atoms with Gasteiger partial charge >= 0.3 is 0 Å². The van der Waals surface area contributed by atoms with Gasteiger partial charge in [-0.2, -0.15) is 0 Å². The third-order valence-electron chi connectivity index (χ3n) is 3.32. The largest absolute Gasteiger partial charge is 0.442 e. The number of isocyanates is 1. The summed E-state index contributed by atoms with van der Waals surface area (Å²) >= 11 is 0. The summed E-state index contributed by atoms with van der Waals surface area (Å²) in [4.78, 5) is 24.2. The monoisotopic (exact) mass is 314 g/mol. The predicted octanol–water partition coefficient (Wildman–Crippen LogP) is 4.26. The Bertz CT molecular complexity index is 614. The number of Topliss-reactive ketones (excluding diaryl/α,β-unsaturated/α-hetero) is 1. The Morgan fingerprint density at radius 3 is 2.43 bits per heavy atom. The van der Waals surface area contributed by atoms with Crippen LogP contribution in [0.2, 0.25) is 0 Å². The summed E-state index contributed by atoms with van der Waals surface area (Å²) in [5.41, 5.74) is 2.15. The second-order valence-corrected chi connectivity index (χ2v) is 5.22.